The third-order valence-electron chi connectivity index (χ3n) is 4.94. The highest BCUT2D eigenvalue weighted by Gasteiger charge is 2.29. The molecule has 0 aromatic carbocycles. The van der Waals surface area contributed by atoms with E-state index in [2.05, 4.69) is 27.0 Å². The Labute approximate surface area is 158 Å². The molecule has 0 spiro atoms. The van der Waals surface area contributed by atoms with Gasteiger partial charge in [-0.05, 0) is 51.5 Å². The number of pyridine rings is 1. The van der Waals surface area contributed by atoms with Crippen LogP contribution in [0.5, 0.6) is 5.75 Å². The minimum Gasteiger partial charge on any atom is -0.489 e. The molecule has 0 unspecified atom stereocenters. The van der Waals surface area contributed by atoms with Crippen molar-refractivity contribution in [2.45, 2.75) is 45.3 Å². The number of aryl methyl sites for hydroxylation is 2. The molecule has 1 fully saturated rings. The molecule has 1 saturated carbocycles. The first kappa shape index (κ1) is 19.0. The highest BCUT2D eigenvalue weighted by Crippen LogP contribution is 2.30. The molecule has 0 amide bonds. The first-order chi connectivity index (χ1) is 13.0. The van der Waals surface area contributed by atoms with E-state index in [-0.39, 0.29) is 18.0 Å². The Bertz CT molecular complexity index is 833. The number of esters is 1. The van der Waals surface area contributed by atoms with E-state index >= 15 is 0 Å². The highest BCUT2D eigenvalue weighted by atomic mass is 16.5. The Hall–Kier alpha value is -2.77. The quantitative estimate of drug-likeness (QED) is 0.572. The Balaban J connectivity index is 1.76. The number of ether oxygens (including phenoxy) is 2. The van der Waals surface area contributed by atoms with Gasteiger partial charge in [-0.25, -0.2) is 9.67 Å². The van der Waals surface area contributed by atoms with Crippen LogP contribution in [0.1, 0.15) is 37.1 Å². The molecular weight excluding hydrogens is 346 g/mol. The third kappa shape index (κ3) is 4.15. The molecule has 1 aliphatic rings. The van der Waals surface area contributed by atoms with Crippen molar-refractivity contribution in [2.24, 2.45) is 18.0 Å². The van der Waals surface area contributed by atoms with Crippen molar-refractivity contribution in [2.75, 3.05) is 7.11 Å². The van der Waals surface area contributed by atoms with Crippen molar-refractivity contribution in [1.82, 2.24) is 20.0 Å². The van der Waals surface area contributed by atoms with E-state index in [1.165, 1.54) is 7.11 Å². The standard InChI is InChI=1S/C19H25N5O3/c1-12-17(27-14-7-5-6-13(10-14)19(25)26-4)9-8-15(21-12)18-16(11-20-2)24(3)23-22-18/h8-9,13-14H,2,5-7,10-11H2,1,3-4H3/t13-,14-/m0/s1. The molecule has 0 radical (unpaired) electrons. The fourth-order valence-electron chi connectivity index (χ4n) is 3.48. The number of aliphatic imine (C=N–C) groups is 1. The fourth-order valence-corrected chi connectivity index (χ4v) is 3.48. The number of carbonyl (C=O) groups is 1. The number of methoxy groups -OCH3 is 1. The van der Waals surface area contributed by atoms with Crippen LogP contribution in [0, 0.1) is 12.8 Å². The summed E-state index contributed by atoms with van der Waals surface area (Å²) in [5, 5.41) is 8.25. The van der Waals surface area contributed by atoms with Gasteiger partial charge < -0.3 is 9.47 Å². The zero-order valence-electron chi connectivity index (χ0n) is 16.0. The maximum atomic E-state index is 11.8. The van der Waals surface area contributed by atoms with Crippen molar-refractivity contribution in [3.05, 3.63) is 23.5 Å². The number of aromatic nitrogens is 4. The van der Waals surface area contributed by atoms with Gasteiger partial charge in [0.05, 0.1) is 42.8 Å². The van der Waals surface area contributed by atoms with Crippen LogP contribution in [-0.2, 0) is 23.1 Å². The van der Waals surface area contributed by atoms with E-state index in [1.54, 1.807) is 4.68 Å². The van der Waals surface area contributed by atoms with Crippen molar-refractivity contribution in [3.8, 4) is 17.1 Å². The van der Waals surface area contributed by atoms with Crippen LogP contribution in [-0.4, -0.2) is 45.9 Å². The van der Waals surface area contributed by atoms with Gasteiger partial charge in [-0.15, -0.1) is 5.10 Å². The second-order valence-corrected chi connectivity index (χ2v) is 6.80. The Morgan fingerprint density at radius 1 is 1.41 bits per heavy atom. The molecule has 8 heteroatoms. The maximum Gasteiger partial charge on any atom is 0.308 e. The molecule has 0 bridgehead atoms. The molecule has 0 saturated heterocycles. The van der Waals surface area contributed by atoms with E-state index in [4.69, 9.17) is 9.47 Å². The summed E-state index contributed by atoms with van der Waals surface area (Å²) in [5.41, 5.74) is 3.06. The largest absolute Gasteiger partial charge is 0.489 e. The van der Waals surface area contributed by atoms with Gasteiger partial charge in [0.25, 0.3) is 0 Å². The van der Waals surface area contributed by atoms with Crippen LogP contribution in [0.3, 0.4) is 0 Å². The molecule has 2 aromatic heterocycles. The number of nitrogens with zero attached hydrogens (tertiary/aromatic N) is 5. The highest BCUT2D eigenvalue weighted by molar-refractivity contribution is 5.72. The number of carbonyl (C=O) groups excluding carboxylic acids is 1. The summed E-state index contributed by atoms with van der Waals surface area (Å²) in [6, 6.07) is 3.78. The van der Waals surface area contributed by atoms with Crippen LogP contribution >= 0.6 is 0 Å². The summed E-state index contributed by atoms with van der Waals surface area (Å²) in [7, 11) is 3.25. The predicted molar refractivity (Wildman–Crippen MR) is 101 cm³/mol. The lowest BCUT2D eigenvalue weighted by Gasteiger charge is -2.28. The van der Waals surface area contributed by atoms with Crippen LogP contribution in [0.15, 0.2) is 17.1 Å². The molecule has 0 aliphatic heterocycles. The molecule has 2 aromatic rings. The van der Waals surface area contributed by atoms with Gasteiger partial charge in [0.2, 0.25) is 0 Å². The Morgan fingerprint density at radius 2 is 2.22 bits per heavy atom. The summed E-state index contributed by atoms with van der Waals surface area (Å²) in [6.45, 7) is 5.87. The van der Waals surface area contributed by atoms with Crippen molar-refractivity contribution >= 4 is 12.7 Å². The van der Waals surface area contributed by atoms with Gasteiger partial charge in [-0.2, -0.15) is 0 Å². The number of hydrogen-bond donors (Lipinski definition) is 0. The van der Waals surface area contributed by atoms with E-state index in [0.29, 0.717) is 18.7 Å². The summed E-state index contributed by atoms with van der Waals surface area (Å²) in [5.74, 6) is 0.482. The molecule has 144 valence electrons. The minimum atomic E-state index is -0.153. The lowest BCUT2D eigenvalue weighted by molar-refractivity contribution is -0.147. The van der Waals surface area contributed by atoms with Crippen LogP contribution in [0.2, 0.25) is 0 Å². The fraction of sp³-hybridized carbons (Fsp3) is 0.526. The summed E-state index contributed by atoms with van der Waals surface area (Å²) in [4.78, 5) is 20.4. The average molecular weight is 371 g/mol. The van der Waals surface area contributed by atoms with Crippen molar-refractivity contribution in [1.29, 1.82) is 0 Å². The second kappa shape index (κ2) is 8.28. The number of hydrogen-bond acceptors (Lipinski definition) is 7. The van der Waals surface area contributed by atoms with Crippen molar-refractivity contribution in [3.63, 3.8) is 0 Å². The lowest BCUT2D eigenvalue weighted by atomic mass is 9.87. The summed E-state index contributed by atoms with van der Waals surface area (Å²) < 4.78 is 12.7. The smallest absolute Gasteiger partial charge is 0.308 e. The predicted octanol–water partition coefficient (Wildman–Crippen LogP) is 2.50. The zero-order chi connectivity index (χ0) is 19.4. The summed E-state index contributed by atoms with van der Waals surface area (Å²) >= 11 is 0. The van der Waals surface area contributed by atoms with Gasteiger partial charge in [-0.1, -0.05) is 5.21 Å². The van der Waals surface area contributed by atoms with Crippen LogP contribution < -0.4 is 4.74 Å². The van der Waals surface area contributed by atoms with Gasteiger partial charge in [0.15, 0.2) is 0 Å². The minimum absolute atomic E-state index is 0.00811. The number of rotatable bonds is 6. The normalized spacial score (nSPS) is 19.5. The van der Waals surface area contributed by atoms with Gasteiger partial charge in [0, 0.05) is 7.05 Å². The van der Waals surface area contributed by atoms with Crippen LogP contribution in [0.25, 0.3) is 11.4 Å². The Morgan fingerprint density at radius 3 is 2.93 bits per heavy atom. The molecular formula is C19H25N5O3. The van der Waals surface area contributed by atoms with Crippen LogP contribution in [0.4, 0.5) is 0 Å². The maximum absolute atomic E-state index is 11.8. The van der Waals surface area contributed by atoms with Gasteiger partial charge >= 0.3 is 5.97 Å². The zero-order valence-corrected chi connectivity index (χ0v) is 16.0. The molecule has 27 heavy (non-hydrogen) atoms. The first-order valence-electron chi connectivity index (χ1n) is 9.07. The first-order valence-corrected chi connectivity index (χ1v) is 9.07. The Kier molecular flexibility index (Phi) is 5.83. The molecule has 0 N–H and O–H groups in total. The van der Waals surface area contributed by atoms with E-state index in [0.717, 1.165) is 42.1 Å². The van der Waals surface area contributed by atoms with Gasteiger partial charge in [-0.3, -0.25) is 9.79 Å². The topological polar surface area (TPSA) is 91.5 Å². The summed E-state index contributed by atoms with van der Waals surface area (Å²) in [6.07, 6.45) is 3.40. The van der Waals surface area contributed by atoms with E-state index in [1.807, 2.05) is 26.1 Å². The monoisotopic (exact) mass is 371 g/mol. The lowest BCUT2D eigenvalue weighted by Crippen LogP contribution is -2.30. The molecule has 1 aliphatic carbocycles. The SMILES string of the molecule is C=NCc1c(-c2ccc(O[C@H]3CCC[C@H](C(=O)OC)C3)c(C)n2)nnn1C. The van der Waals surface area contributed by atoms with Crippen molar-refractivity contribution < 1.29 is 14.3 Å². The molecule has 3 rings (SSSR count). The van der Waals surface area contributed by atoms with Gasteiger partial charge in [0.1, 0.15) is 11.4 Å². The van der Waals surface area contributed by atoms with E-state index in [9.17, 15) is 4.79 Å². The second-order valence-electron chi connectivity index (χ2n) is 6.80. The molecule has 2 heterocycles. The molecule has 2 atom stereocenters. The average Bonchev–Trinajstić information content (AvgIpc) is 3.04. The molecule has 8 nitrogen and oxygen atoms in total. The third-order valence-corrected chi connectivity index (χ3v) is 4.94. The van der Waals surface area contributed by atoms with E-state index < -0.39 is 0 Å².